The monoisotopic (exact) mass is 217 g/mol. The number of hydrogen-bond donors (Lipinski definition) is 2. The first-order chi connectivity index (χ1) is 6.89. The lowest BCUT2D eigenvalue weighted by Gasteiger charge is -2.31. The van der Waals surface area contributed by atoms with E-state index in [4.69, 9.17) is 5.11 Å². The van der Waals surface area contributed by atoms with E-state index in [-0.39, 0.29) is 18.1 Å². The predicted molar refractivity (Wildman–Crippen MR) is 63.9 cm³/mol. The van der Waals surface area contributed by atoms with Crippen molar-refractivity contribution in [3.8, 4) is 0 Å². The molecule has 0 rings (SSSR count). The summed E-state index contributed by atoms with van der Waals surface area (Å²) in [6.45, 7) is 11.3. The molecule has 2 N–H and O–H groups in total. The van der Waals surface area contributed by atoms with Gasteiger partial charge in [-0.25, -0.2) is 0 Å². The van der Waals surface area contributed by atoms with Crippen molar-refractivity contribution < 1.29 is 10.2 Å². The van der Waals surface area contributed by atoms with Gasteiger partial charge in [-0.3, -0.25) is 0 Å². The highest BCUT2D eigenvalue weighted by atomic mass is 16.3. The van der Waals surface area contributed by atoms with Gasteiger partial charge in [-0.1, -0.05) is 27.7 Å². The first-order valence-electron chi connectivity index (χ1n) is 5.90. The molecule has 0 fully saturated rings. The highest BCUT2D eigenvalue weighted by Gasteiger charge is 2.17. The molecule has 0 radical (unpaired) electrons. The van der Waals surface area contributed by atoms with Crippen LogP contribution in [-0.2, 0) is 0 Å². The summed E-state index contributed by atoms with van der Waals surface area (Å²) in [5.74, 6) is 0. The maximum Gasteiger partial charge on any atom is 0.0664 e. The third-order valence-electron chi connectivity index (χ3n) is 2.27. The van der Waals surface area contributed by atoms with Crippen LogP contribution in [0.25, 0.3) is 0 Å². The third kappa shape index (κ3) is 8.85. The van der Waals surface area contributed by atoms with E-state index in [1.54, 1.807) is 0 Å². The Morgan fingerprint density at radius 3 is 2.27 bits per heavy atom. The maximum absolute atomic E-state index is 9.62. The molecule has 3 heteroatoms. The van der Waals surface area contributed by atoms with E-state index in [2.05, 4.69) is 25.7 Å². The summed E-state index contributed by atoms with van der Waals surface area (Å²) < 4.78 is 0. The van der Waals surface area contributed by atoms with Crippen molar-refractivity contribution in [2.75, 3.05) is 26.2 Å². The molecular formula is C12H27NO2. The Bertz CT molecular complexity index is 154. The molecule has 0 saturated carbocycles. The van der Waals surface area contributed by atoms with Crippen molar-refractivity contribution in [1.29, 1.82) is 0 Å². The van der Waals surface area contributed by atoms with Crippen molar-refractivity contribution in [3.05, 3.63) is 0 Å². The lowest BCUT2D eigenvalue weighted by atomic mass is 9.95. The summed E-state index contributed by atoms with van der Waals surface area (Å²) in [6, 6.07) is 0. The van der Waals surface area contributed by atoms with Gasteiger partial charge < -0.3 is 15.1 Å². The molecule has 0 aliphatic rings. The van der Waals surface area contributed by atoms with Crippen LogP contribution < -0.4 is 0 Å². The van der Waals surface area contributed by atoms with Crippen LogP contribution in [0, 0.1) is 5.41 Å². The minimum absolute atomic E-state index is 0.225. The summed E-state index contributed by atoms with van der Waals surface area (Å²) in [6.07, 6.45) is 1.33. The molecule has 0 heterocycles. The molecule has 0 spiro atoms. The fourth-order valence-electron chi connectivity index (χ4n) is 1.63. The topological polar surface area (TPSA) is 43.7 Å². The standard InChI is InChI=1S/C12H27NO2/c1-5-11(15)9-13(7-6-8-14)10-12(2,3)4/h11,14-15H,5-10H2,1-4H3. The summed E-state index contributed by atoms with van der Waals surface area (Å²) in [4.78, 5) is 2.24. The summed E-state index contributed by atoms with van der Waals surface area (Å²) in [5, 5.41) is 18.4. The fourth-order valence-corrected chi connectivity index (χ4v) is 1.63. The van der Waals surface area contributed by atoms with Crippen LogP contribution in [-0.4, -0.2) is 47.5 Å². The van der Waals surface area contributed by atoms with Crippen LogP contribution in [0.4, 0.5) is 0 Å². The molecule has 0 aromatic carbocycles. The van der Waals surface area contributed by atoms with Crippen molar-refractivity contribution >= 4 is 0 Å². The average molecular weight is 217 g/mol. The second kappa shape index (κ2) is 7.20. The van der Waals surface area contributed by atoms with Gasteiger partial charge in [0.1, 0.15) is 0 Å². The van der Waals surface area contributed by atoms with Gasteiger partial charge >= 0.3 is 0 Å². The lowest BCUT2D eigenvalue weighted by molar-refractivity contribution is 0.0847. The van der Waals surface area contributed by atoms with E-state index in [0.717, 1.165) is 25.9 Å². The van der Waals surface area contributed by atoms with Gasteiger partial charge in [0.25, 0.3) is 0 Å². The second-order valence-electron chi connectivity index (χ2n) is 5.44. The van der Waals surface area contributed by atoms with Crippen molar-refractivity contribution in [2.24, 2.45) is 5.41 Å². The van der Waals surface area contributed by atoms with E-state index in [0.29, 0.717) is 6.54 Å². The molecule has 0 aliphatic heterocycles. The van der Waals surface area contributed by atoms with E-state index in [1.807, 2.05) is 6.92 Å². The SMILES string of the molecule is CCC(O)CN(CCCO)CC(C)(C)C. The van der Waals surface area contributed by atoms with Gasteiger partial charge in [0.05, 0.1) is 6.10 Å². The largest absolute Gasteiger partial charge is 0.396 e. The van der Waals surface area contributed by atoms with Gasteiger partial charge in [0.2, 0.25) is 0 Å². The Kier molecular flexibility index (Phi) is 7.14. The van der Waals surface area contributed by atoms with Crippen LogP contribution in [0.2, 0.25) is 0 Å². The zero-order chi connectivity index (χ0) is 11.9. The third-order valence-corrected chi connectivity index (χ3v) is 2.27. The molecule has 15 heavy (non-hydrogen) atoms. The van der Waals surface area contributed by atoms with Gasteiger partial charge in [-0.05, 0) is 18.3 Å². The molecule has 1 atom stereocenters. The smallest absolute Gasteiger partial charge is 0.0664 e. The molecule has 0 bridgehead atoms. The second-order valence-corrected chi connectivity index (χ2v) is 5.44. The molecule has 0 aromatic rings. The van der Waals surface area contributed by atoms with Crippen molar-refractivity contribution in [3.63, 3.8) is 0 Å². The number of rotatable bonds is 7. The van der Waals surface area contributed by atoms with Gasteiger partial charge in [-0.15, -0.1) is 0 Å². The Hall–Kier alpha value is -0.120. The highest BCUT2D eigenvalue weighted by molar-refractivity contribution is 4.71. The van der Waals surface area contributed by atoms with Crippen molar-refractivity contribution in [2.45, 2.75) is 46.6 Å². The Balaban J connectivity index is 4.06. The van der Waals surface area contributed by atoms with E-state index >= 15 is 0 Å². The van der Waals surface area contributed by atoms with Crippen LogP contribution in [0.3, 0.4) is 0 Å². The highest BCUT2D eigenvalue weighted by Crippen LogP contribution is 2.15. The van der Waals surface area contributed by atoms with Crippen LogP contribution in [0.1, 0.15) is 40.5 Å². The minimum atomic E-state index is -0.244. The lowest BCUT2D eigenvalue weighted by Crippen LogP contribution is -2.39. The summed E-state index contributed by atoms with van der Waals surface area (Å²) in [7, 11) is 0. The Labute approximate surface area is 94.1 Å². The Morgan fingerprint density at radius 1 is 1.27 bits per heavy atom. The van der Waals surface area contributed by atoms with Crippen LogP contribution >= 0.6 is 0 Å². The molecule has 0 saturated heterocycles. The van der Waals surface area contributed by atoms with E-state index in [1.165, 1.54) is 0 Å². The molecular weight excluding hydrogens is 190 g/mol. The molecule has 3 nitrogen and oxygen atoms in total. The number of aliphatic hydroxyl groups is 2. The first-order valence-corrected chi connectivity index (χ1v) is 5.90. The molecule has 0 aromatic heterocycles. The Morgan fingerprint density at radius 2 is 1.87 bits per heavy atom. The molecule has 92 valence electrons. The zero-order valence-electron chi connectivity index (χ0n) is 10.7. The average Bonchev–Trinajstić information content (AvgIpc) is 2.11. The van der Waals surface area contributed by atoms with Gasteiger partial charge in [0.15, 0.2) is 0 Å². The maximum atomic E-state index is 9.62. The molecule has 0 aliphatic carbocycles. The fraction of sp³-hybridized carbons (Fsp3) is 1.00. The molecule has 0 amide bonds. The van der Waals surface area contributed by atoms with Gasteiger partial charge in [-0.2, -0.15) is 0 Å². The first kappa shape index (κ1) is 14.9. The number of nitrogens with zero attached hydrogens (tertiary/aromatic N) is 1. The van der Waals surface area contributed by atoms with Crippen LogP contribution in [0.15, 0.2) is 0 Å². The minimum Gasteiger partial charge on any atom is -0.396 e. The van der Waals surface area contributed by atoms with Crippen LogP contribution in [0.5, 0.6) is 0 Å². The van der Waals surface area contributed by atoms with Gasteiger partial charge in [0, 0.05) is 26.2 Å². The predicted octanol–water partition coefficient (Wildman–Crippen LogP) is 1.49. The van der Waals surface area contributed by atoms with E-state index < -0.39 is 0 Å². The summed E-state index contributed by atoms with van der Waals surface area (Å²) in [5.41, 5.74) is 0.239. The number of aliphatic hydroxyl groups excluding tert-OH is 2. The summed E-state index contributed by atoms with van der Waals surface area (Å²) >= 11 is 0. The van der Waals surface area contributed by atoms with E-state index in [9.17, 15) is 5.11 Å². The number of hydrogen-bond acceptors (Lipinski definition) is 3. The quantitative estimate of drug-likeness (QED) is 0.679. The molecule has 1 unspecified atom stereocenters. The van der Waals surface area contributed by atoms with Crippen molar-refractivity contribution in [1.82, 2.24) is 4.90 Å². The zero-order valence-corrected chi connectivity index (χ0v) is 10.7. The normalized spacial score (nSPS) is 14.6.